The minimum absolute atomic E-state index is 0.0875. The molecular formula is C14H14ClF3N2. The number of nitrogens with one attached hydrogen (secondary N) is 1. The first kappa shape index (κ1) is 15.0. The van der Waals surface area contributed by atoms with Crippen LogP contribution in [0, 0.1) is 17.2 Å². The lowest BCUT2D eigenvalue weighted by atomic mass is 9.76. The van der Waals surface area contributed by atoms with Gasteiger partial charge in [0, 0.05) is 10.7 Å². The van der Waals surface area contributed by atoms with Crippen LogP contribution in [0.15, 0.2) is 24.3 Å². The van der Waals surface area contributed by atoms with Crippen molar-refractivity contribution in [1.29, 1.82) is 5.26 Å². The number of nitrogens with zero attached hydrogens (tertiary/aromatic N) is 1. The Morgan fingerprint density at radius 3 is 2.75 bits per heavy atom. The molecule has 1 saturated carbocycles. The lowest BCUT2D eigenvalue weighted by molar-refractivity contribution is -0.184. The van der Waals surface area contributed by atoms with Crippen molar-refractivity contribution in [1.82, 2.24) is 0 Å². The van der Waals surface area contributed by atoms with Gasteiger partial charge in [-0.15, -0.1) is 0 Å². The second-order valence-electron chi connectivity index (χ2n) is 5.16. The van der Waals surface area contributed by atoms with E-state index in [9.17, 15) is 18.4 Å². The third-order valence-electron chi connectivity index (χ3n) is 3.64. The first-order chi connectivity index (χ1) is 9.35. The number of benzene rings is 1. The first-order valence-corrected chi connectivity index (χ1v) is 6.74. The number of rotatable bonds is 2. The number of nitriles is 1. The molecule has 1 aliphatic rings. The van der Waals surface area contributed by atoms with Crippen molar-refractivity contribution < 1.29 is 13.2 Å². The predicted octanol–water partition coefficient (Wildman–Crippen LogP) is 4.77. The summed E-state index contributed by atoms with van der Waals surface area (Å²) in [4.78, 5) is 0. The SMILES string of the molecule is N#CC1(Nc2cccc(Cl)c2)CCCC(C(F)(F)F)C1. The zero-order valence-electron chi connectivity index (χ0n) is 10.7. The van der Waals surface area contributed by atoms with Gasteiger partial charge in [0.25, 0.3) is 0 Å². The summed E-state index contributed by atoms with van der Waals surface area (Å²) >= 11 is 5.85. The van der Waals surface area contributed by atoms with E-state index in [1.807, 2.05) is 6.07 Å². The van der Waals surface area contributed by atoms with E-state index >= 15 is 0 Å². The molecule has 2 unspecified atom stereocenters. The van der Waals surface area contributed by atoms with Crippen molar-refractivity contribution in [3.8, 4) is 6.07 Å². The smallest absolute Gasteiger partial charge is 0.367 e. The van der Waals surface area contributed by atoms with E-state index in [-0.39, 0.29) is 12.8 Å². The summed E-state index contributed by atoms with van der Waals surface area (Å²) in [5.74, 6) is -1.43. The molecule has 0 amide bonds. The highest BCUT2D eigenvalue weighted by molar-refractivity contribution is 6.30. The van der Waals surface area contributed by atoms with Crippen molar-refractivity contribution in [2.45, 2.75) is 37.4 Å². The van der Waals surface area contributed by atoms with E-state index in [1.165, 1.54) is 0 Å². The molecule has 1 N–H and O–H groups in total. The zero-order valence-corrected chi connectivity index (χ0v) is 11.4. The fourth-order valence-electron chi connectivity index (χ4n) is 2.64. The van der Waals surface area contributed by atoms with Gasteiger partial charge in [-0.25, -0.2) is 0 Å². The molecule has 0 bridgehead atoms. The molecule has 1 aromatic carbocycles. The van der Waals surface area contributed by atoms with Crippen molar-refractivity contribution in [3.05, 3.63) is 29.3 Å². The maximum atomic E-state index is 12.9. The monoisotopic (exact) mass is 302 g/mol. The molecule has 20 heavy (non-hydrogen) atoms. The average molecular weight is 303 g/mol. The van der Waals surface area contributed by atoms with Gasteiger partial charge in [-0.05, 0) is 43.9 Å². The summed E-state index contributed by atoms with van der Waals surface area (Å²) in [6.07, 6.45) is -3.60. The molecule has 1 fully saturated rings. The Hall–Kier alpha value is -1.41. The minimum atomic E-state index is -4.25. The fraction of sp³-hybridized carbons (Fsp3) is 0.500. The number of anilines is 1. The van der Waals surface area contributed by atoms with E-state index in [2.05, 4.69) is 5.32 Å². The highest BCUT2D eigenvalue weighted by Crippen LogP contribution is 2.42. The fourth-order valence-corrected chi connectivity index (χ4v) is 2.83. The largest absolute Gasteiger partial charge is 0.391 e. The van der Waals surface area contributed by atoms with Crippen LogP contribution in [0.1, 0.15) is 25.7 Å². The molecule has 0 aliphatic heterocycles. The number of alkyl halides is 3. The second-order valence-corrected chi connectivity index (χ2v) is 5.60. The summed E-state index contributed by atoms with van der Waals surface area (Å²) in [6, 6.07) is 8.70. The van der Waals surface area contributed by atoms with Crippen LogP contribution in [-0.4, -0.2) is 11.7 Å². The molecule has 1 aliphatic carbocycles. The quantitative estimate of drug-likeness (QED) is 0.854. The van der Waals surface area contributed by atoms with Gasteiger partial charge in [-0.1, -0.05) is 17.7 Å². The minimum Gasteiger partial charge on any atom is -0.367 e. The molecule has 2 nitrogen and oxygen atoms in total. The first-order valence-electron chi connectivity index (χ1n) is 6.36. The van der Waals surface area contributed by atoms with Gasteiger partial charge in [0.2, 0.25) is 0 Å². The Morgan fingerprint density at radius 1 is 1.40 bits per heavy atom. The second kappa shape index (κ2) is 5.53. The number of hydrogen-bond acceptors (Lipinski definition) is 2. The lowest BCUT2D eigenvalue weighted by Crippen LogP contribution is -2.45. The van der Waals surface area contributed by atoms with Gasteiger partial charge < -0.3 is 5.32 Å². The summed E-state index contributed by atoms with van der Waals surface area (Å²) in [5, 5.41) is 12.8. The average Bonchev–Trinajstić information content (AvgIpc) is 2.38. The Kier molecular flexibility index (Phi) is 4.14. The van der Waals surface area contributed by atoms with Crippen molar-refractivity contribution in [2.75, 3.05) is 5.32 Å². The molecule has 6 heteroatoms. The van der Waals surface area contributed by atoms with E-state index < -0.39 is 17.6 Å². The lowest BCUT2D eigenvalue weighted by Gasteiger charge is -2.37. The zero-order chi connectivity index (χ0) is 14.8. The van der Waals surface area contributed by atoms with Gasteiger partial charge in [0.15, 0.2) is 0 Å². The predicted molar refractivity (Wildman–Crippen MR) is 71.4 cm³/mol. The molecular weight excluding hydrogens is 289 g/mol. The van der Waals surface area contributed by atoms with Crippen molar-refractivity contribution >= 4 is 17.3 Å². The van der Waals surface area contributed by atoms with Crippen LogP contribution in [-0.2, 0) is 0 Å². The maximum Gasteiger partial charge on any atom is 0.391 e. The van der Waals surface area contributed by atoms with Crippen LogP contribution in [0.2, 0.25) is 5.02 Å². The van der Waals surface area contributed by atoms with Crippen LogP contribution in [0.4, 0.5) is 18.9 Å². The standard InChI is InChI=1S/C14H14ClF3N2/c15-11-4-1-5-12(7-11)20-13(9-19)6-2-3-10(8-13)14(16,17)18/h1,4-5,7,10,20H,2-3,6,8H2. The van der Waals surface area contributed by atoms with Crippen LogP contribution >= 0.6 is 11.6 Å². The van der Waals surface area contributed by atoms with Gasteiger partial charge in [-0.2, -0.15) is 18.4 Å². The third-order valence-corrected chi connectivity index (χ3v) is 3.87. The molecule has 0 spiro atoms. The van der Waals surface area contributed by atoms with E-state index in [0.29, 0.717) is 23.6 Å². The Bertz CT molecular complexity index is 524. The van der Waals surface area contributed by atoms with Gasteiger partial charge >= 0.3 is 6.18 Å². The summed E-state index contributed by atoms with van der Waals surface area (Å²) in [5.41, 5.74) is -0.606. The molecule has 0 saturated heterocycles. The number of halogens is 4. The molecule has 0 heterocycles. The van der Waals surface area contributed by atoms with Gasteiger partial charge in [-0.3, -0.25) is 0 Å². The highest BCUT2D eigenvalue weighted by Gasteiger charge is 2.48. The molecule has 108 valence electrons. The summed E-state index contributed by atoms with van der Waals surface area (Å²) in [7, 11) is 0. The molecule has 2 rings (SSSR count). The van der Waals surface area contributed by atoms with Crippen LogP contribution in [0.5, 0.6) is 0 Å². The van der Waals surface area contributed by atoms with Gasteiger partial charge in [0.05, 0.1) is 12.0 Å². The third kappa shape index (κ3) is 3.37. The van der Waals surface area contributed by atoms with Crippen molar-refractivity contribution in [2.24, 2.45) is 5.92 Å². The Balaban J connectivity index is 2.19. The van der Waals surface area contributed by atoms with E-state index in [0.717, 1.165) is 0 Å². The summed E-state index contributed by atoms with van der Waals surface area (Å²) in [6.45, 7) is 0. The Morgan fingerprint density at radius 2 is 2.15 bits per heavy atom. The van der Waals surface area contributed by atoms with Crippen LogP contribution in [0.3, 0.4) is 0 Å². The van der Waals surface area contributed by atoms with Crippen LogP contribution in [0.25, 0.3) is 0 Å². The molecule has 0 radical (unpaired) electrons. The summed E-state index contributed by atoms with van der Waals surface area (Å²) < 4.78 is 38.6. The van der Waals surface area contributed by atoms with Gasteiger partial charge in [0.1, 0.15) is 5.54 Å². The molecule has 2 atom stereocenters. The topological polar surface area (TPSA) is 35.8 Å². The normalized spacial score (nSPS) is 26.9. The Labute approximate surface area is 120 Å². The van der Waals surface area contributed by atoms with E-state index in [1.54, 1.807) is 24.3 Å². The number of hydrogen-bond donors (Lipinski definition) is 1. The van der Waals surface area contributed by atoms with E-state index in [4.69, 9.17) is 11.6 Å². The van der Waals surface area contributed by atoms with Crippen LogP contribution < -0.4 is 5.32 Å². The maximum absolute atomic E-state index is 12.9. The molecule has 1 aromatic rings. The van der Waals surface area contributed by atoms with Crippen molar-refractivity contribution in [3.63, 3.8) is 0 Å². The highest BCUT2D eigenvalue weighted by atomic mass is 35.5. The molecule has 0 aromatic heterocycles.